The van der Waals surface area contributed by atoms with E-state index in [1.54, 1.807) is 0 Å². The van der Waals surface area contributed by atoms with Crippen LogP contribution >= 0.6 is 7.51 Å². The van der Waals surface area contributed by atoms with E-state index in [9.17, 15) is 0 Å². The van der Waals surface area contributed by atoms with Crippen molar-refractivity contribution in [2.45, 2.75) is 0 Å². The molecular weight excluding hydrogens is 101 g/mol. The molecule has 0 aromatic carbocycles. The second-order valence-corrected chi connectivity index (χ2v) is 2.61. The van der Waals surface area contributed by atoms with E-state index in [2.05, 4.69) is 11.8 Å². The third-order valence-electron chi connectivity index (χ3n) is 0.183. The largest absolute Gasteiger partial charge is 0.251 e. The maximum absolute atomic E-state index is 4.63. The molecule has 0 aromatic rings. The topological polar surface area (TPSA) is 3.24 Å². The fourth-order valence-electron chi connectivity index (χ4n) is 0. The van der Waals surface area contributed by atoms with Crippen molar-refractivity contribution >= 4 is 19.3 Å². The van der Waals surface area contributed by atoms with Crippen molar-refractivity contribution in [1.29, 1.82) is 0 Å². The van der Waals surface area contributed by atoms with Gasteiger partial charge in [-0.05, 0) is 0 Å². The van der Waals surface area contributed by atoms with Gasteiger partial charge in [0.15, 0.2) is 11.8 Å². The molecule has 0 saturated heterocycles. The molecule has 0 fully saturated rings. The predicted octanol–water partition coefficient (Wildman–Crippen LogP) is 0.603. The summed E-state index contributed by atoms with van der Waals surface area (Å²) >= 11 is 4.63. The summed E-state index contributed by atoms with van der Waals surface area (Å²) in [5.41, 5.74) is 0. The molecule has 1 nitrogen and oxygen atoms in total. The van der Waals surface area contributed by atoms with Crippen LogP contribution in [0.2, 0.25) is 0 Å². The van der Waals surface area contributed by atoms with Crippen molar-refractivity contribution in [3.05, 3.63) is 0 Å². The minimum Gasteiger partial charge on any atom is -0.129 e. The minimum absolute atomic E-state index is 0.531. The SMILES string of the molecule is CN(C)[PH+]=S. The monoisotopic (exact) mass is 108 g/mol. The average molecular weight is 108 g/mol. The van der Waals surface area contributed by atoms with Crippen LogP contribution < -0.4 is 0 Å². The standard InChI is InChI=1S/C2H6NPS/c1-3(2)4-5/h1-2H3/p+1. The minimum atomic E-state index is 0.531. The van der Waals surface area contributed by atoms with E-state index in [0.29, 0.717) is 7.51 Å². The molecule has 0 bridgehead atoms. The Morgan fingerprint density at radius 1 is 1.60 bits per heavy atom. The Balaban J connectivity index is 2.83. The van der Waals surface area contributed by atoms with Crippen LogP contribution in [0.3, 0.4) is 0 Å². The van der Waals surface area contributed by atoms with Crippen LogP contribution in [0.5, 0.6) is 0 Å². The van der Waals surface area contributed by atoms with Crippen LogP contribution in [0.15, 0.2) is 0 Å². The van der Waals surface area contributed by atoms with Crippen molar-refractivity contribution in [2.24, 2.45) is 0 Å². The Bertz CT molecular complexity index is 36.6. The Kier molecular flexibility index (Phi) is 2.96. The lowest BCUT2D eigenvalue weighted by molar-refractivity contribution is 0.702. The van der Waals surface area contributed by atoms with Gasteiger partial charge in [0.25, 0.3) is 7.51 Å². The second-order valence-electron chi connectivity index (χ2n) is 0.986. The van der Waals surface area contributed by atoms with Gasteiger partial charge in [-0.15, -0.1) is 4.67 Å². The van der Waals surface area contributed by atoms with Gasteiger partial charge in [0, 0.05) is 14.1 Å². The highest BCUT2D eigenvalue weighted by Gasteiger charge is 1.80. The molecule has 1 atom stereocenters. The molecule has 0 aliphatic heterocycles. The quantitative estimate of drug-likeness (QED) is 0.452. The fourth-order valence-corrected chi connectivity index (χ4v) is 0. The Hall–Kier alpha value is 0.480. The van der Waals surface area contributed by atoms with Gasteiger partial charge in [0.1, 0.15) is 0 Å². The molecule has 0 aromatic heterocycles. The van der Waals surface area contributed by atoms with Gasteiger partial charge in [-0.1, -0.05) is 0 Å². The Labute approximate surface area is 38.9 Å². The van der Waals surface area contributed by atoms with E-state index < -0.39 is 0 Å². The lowest BCUT2D eigenvalue weighted by atomic mass is 11.3. The highest BCUT2D eigenvalue weighted by Crippen LogP contribution is 1.91. The highest BCUT2D eigenvalue weighted by molar-refractivity contribution is 7.95. The van der Waals surface area contributed by atoms with Crippen LogP contribution in [0, 0.1) is 0 Å². The third-order valence-corrected chi connectivity index (χ3v) is 1.64. The summed E-state index contributed by atoms with van der Waals surface area (Å²) in [4.78, 5) is 0. The lowest BCUT2D eigenvalue weighted by Crippen LogP contribution is -1.90. The molecular formula is C2H7NPS+. The molecule has 1 unspecified atom stereocenters. The number of hydrogen-bond acceptors (Lipinski definition) is 1. The average Bonchev–Trinajstić information content (AvgIpc) is 1.38. The first-order valence-corrected chi connectivity index (χ1v) is 3.40. The van der Waals surface area contributed by atoms with E-state index in [0.717, 1.165) is 0 Å². The van der Waals surface area contributed by atoms with Crippen LogP contribution in [0.25, 0.3) is 0 Å². The second kappa shape index (κ2) is 2.70. The summed E-state index contributed by atoms with van der Waals surface area (Å²) in [5.74, 6) is 0. The maximum Gasteiger partial charge on any atom is 0.251 e. The highest BCUT2D eigenvalue weighted by atomic mass is 32.4. The van der Waals surface area contributed by atoms with Gasteiger partial charge < -0.3 is 0 Å². The molecule has 5 heavy (non-hydrogen) atoms. The summed E-state index contributed by atoms with van der Waals surface area (Å²) in [6.45, 7) is 0. The van der Waals surface area contributed by atoms with E-state index in [1.165, 1.54) is 0 Å². The number of nitrogens with zero attached hydrogens (tertiary/aromatic N) is 1. The maximum atomic E-state index is 4.63. The predicted molar refractivity (Wildman–Crippen MR) is 29.4 cm³/mol. The number of hydrogen-bond donors (Lipinski definition) is 0. The van der Waals surface area contributed by atoms with E-state index in [4.69, 9.17) is 0 Å². The normalized spacial score (nSPS) is 10.2. The zero-order valence-electron chi connectivity index (χ0n) is 3.36. The van der Waals surface area contributed by atoms with Gasteiger partial charge in [-0.2, -0.15) is 0 Å². The molecule has 30 valence electrons. The lowest BCUT2D eigenvalue weighted by Gasteiger charge is -1.79. The summed E-state index contributed by atoms with van der Waals surface area (Å²) in [5, 5.41) is 0. The van der Waals surface area contributed by atoms with Crippen LogP contribution in [0.1, 0.15) is 0 Å². The molecule has 0 saturated carbocycles. The molecule has 0 rings (SSSR count). The summed E-state index contributed by atoms with van der Waals surface area (Å²) in [6, 6.07) is 0. The van der Waals surface area contributed by atoms with Crippen molar-refractivity contribution in [1.82, 2.24) is 4.67 Å². The zero-order valence-corrected chi connectivity index (χ0v) is 5.17. The summed E-state index contributed by atoms with van der Waals surface area (Å²) in [7, 11) is 4.46. The van der Waals surface area contributed by atoms with Gasteiger partial charge in [-0.3, -0.25) is 0 Å². The molecule has 0 amide bonds. The molecule has 0 radical (unpaired) electrons. The molecule has 3 heteroatoms. The molecule has 0 N–H and O–H groups in total. The fraction of sp³-hybridized carbons (Fsp3) is 1.00. The summed E-state index contributed by atoms with van der Waals surface area (Å²) < 4.78 is 1.97. The molecule has 0 aliphatic rings. The van der Waals surface area contributed by atoms with Gasteiger partial charge >= 0.3 is 0 Å². The first-order chi connectivity index (χ1) is 2.27. The summed E-state index contributed by atoms with van der Waals surface area (Å²) in [6.07, 6.45) is 0. The zero-order chi connectivity index (χ0) is 4.28. The first kappa shape index (κ1) is 5.48. The van der Waals surface area contributed by atoms with Crippen LogP contribution in [-0.2, 0) is 11.8 Å². The molecule has 0 aliphatic carbocycles. The molecule has 0 spiro atoms. The number of rotatable bonds is 1. The smallest absolute Gasteiger partial charge is 0.129 e. The van der Waals surface area contributed by atoms with E-state index in [1.807, 2.05) is 18.8 Å². The van der Waals surface area contributed by atoms with Crippen molar-refractivity contribution < 1.29 is 0 Å². The Morgan fingerprint density at radius 3 is 1.80 bits per heavy atom. The van der Waals surface area contributed by atoms with E-state index in [-0.39, 0.29) is 0 Å². The van der Waals surface area contributed by atoms with Gasteiger partial charge in [-0.25, -0.2) is 0 Å². The van der Waals surface area contributed by atoms with Crippen LogP contribution in [-0.4, -0.2) is 18.8 Å². The van der Waals surface area contributed by atoms with Gasteiger partial charge in [0.2, 0.25) is 0 Å². The van der Waals surface area contributed by atoms with Gasteiger partial charge in [0.05, 0.1) is 0 Å². The van der Waals surface area contributed by atoms with Crippen molar-refractivity contribution in [3.63, 3.8) is 0 Å². The first-order valence-electron chi connectivity index (χ1n) is 1.32. The van der Waals surface area contributed by atoms with E-state index >= 15 is 0 Å². The van der Waals surface area contributed by atoms with Crippen molar-refractivity contribution in [3.8, 4) is 0 Å². The van der Waals surface area contributed by atoms with Crippen molar-refractivity contribution in [2.75, 3.05) is 14.1 Å². The Morgan fingerprint density at radius 2 is 1.80 bits per heavy atom. The third kappa shape index (κ3) is 4.48. The van der Waals surface area contributed by atoms with Crippen LogP contribution in [0.4, 0.5) is 0 Å². The molecule has 0 heterocycles.